The molecule has 0 aromatic carbocycles. The largest absolute Gasteiger partial charge is 0.327 e. The fraction of sp³-hybridized carbons (Fsp3) is 1.00. The Kier molecular flexibility index (Phi) is 4.71. The summed E-state index contributed by atoms with van der Waals surface area (Å²) in [6, 6.07) is 1.27. The second kappa shape index (κ2) is 5.92. The summed E-state index contributed by atoms with van der Waals surface area (Å²) in [5.74, 6) is 0.770. The van der Waals surface area contributed by atoms with Crippen LogP contribution in [0.2, 0.25) is 0 Å². The van der Waals surface area contributed by atoms with Gasteiger partial charge in [0.2, 0.25) is 0 Å². The fourth-order valence-corrected chi connectivity index (χ4v) is 4.00. The third-order valence-corrected chi connectivity index (χ3v) is 5.16. The van der Waals surface area contributed by atoms with E-state index in [4.69, 9.17) is 5.73 Å². The molecule has 2 nitrogen and oxygen atoms in total. The Morgan fingerprint density at radius 2 is 1.83 bits per heavy atom. The van der Waals surface area contributed by atoms with Crippen molar-refractivity contribution in [1.29, 1.82) is 0 Å². The van der Waals surface area contributed by atoms with Crippen LogP contribution in [0.1, 0.15) is 65.7 Å². The van der Waals surface area contributed by atoms with Crippen molar-refractivity contribution in [2.45, 2.75) is 77.8 Å². The highest BCUT2D eigenvalue weighted by Crippen LogP contribution is 2.39. The summed E-state index contributed by atoms with van der Waals surface area (Å²) in [6.45, 7) is 9.61. The average Bonchev–Trinajstić information content (AvgIpc) is 2.89. The maximum Gasteiger partial charge on any atom is 0.0105 e. The Balaban J connectivity index is 1.99. The van der Waals surface area contributed by atoms with Crippen LogP contribution in [0.25, 0.3) is 0 Å². The Morgan fingerprint density at radius 1 is 1.17 bits per heavy atom. The summed E-state index contributed by atoms with van der Waals surface area (Å²) >= 11 is 0. The number of rotatable bonds is 5. The topological polar surface area (TPSA) is 29.3 Å². The monoisotopic (exact) mass is 252 g/mol. The van der Waals surface area contributed by atoms with Crippen molar-refractivity contribution in [3.63, 3.8) is 0 Å². The molecule has 0 radical (unpaired) electrons. The predicted molar refractivity (Wildman–Crippen MR) is 78.6 cm³/mol. The van der Waals surface area contributed by atoms with Gasteiger partial charge in [0.05, 0.1) is 0 Å². The Bertz CT molecular complexity index is 258. The molecule has 0 spiro atoms. The molecule has 0 aromatic heterocycles. The van der Waals surface area contributed by atoms with Gasteiger partial charge in [-0.3, -0.25) is 4.90 Å². The van der Waals surface area contributed by atoms with Crippen LogP contribution < -0.4 is 5.73 Å². The van der Waals surface area contributed by atoms with E-state index in [-0.39, 0.29) is 0 Å². The summed E-state index contributed by atoms with van der Waals surface area (Å²) in [6.07, 6.45) is 9.59. The van der Waals surface area contributed by atoms with Gasteiger partial charge in [-0.15, -0.1) is 0 Å². The fourth-order valence-electron chi connectivity index (χ4n) is 4.00. The lowest BCUT2D eigenvalue weighted by Gasteiger charge is -2.39. The molecule has 2 heteroatoms. The molecule has 2 rings (SSSR count). The molecule has 0 aromatic rings. The first-order valence-electron chi connectivity index (χ1n) is 8.01. The maximum absolute atomic E-state index is 6.36. The van der Waals surface area contributed by atoms with E-state index in [1.807, 2.05) is 0 Å². The van der Waals surface area contributed by atoms with E-state index in [0.29, 0.717) is 11.5 Å². The normalized spacial score (nSPS) is 34.0. The number of nitrogens with zero attached hydrogens (tertiary/aromatic N) is 1. The van der Waals surface area contributed by atoms with E-state index in [2.05, 4.69) is 25.7 Å². The van der Waals surface area contributed by atoms with Gasteiger partial charge in [-0.2, -0.15) is 0 Å². The van der Waals surface area contributed by atoms with Crippen LogP contribution in [0.15, 0.2) is 0 Å². The lowest BCUT2D eigenvalue weighted by Crippen LogP contribution is -2.48. The molecular formula is C16H32N2. The highest BCUT2D eigenvalue weighted by atomic mass is 15.2. The van der Waals surface area contributed by atoms with Crippen LogP contribution in [-0.2, 0) is 0 Å². The van der Waals surface area contributed by atoms with Gasteiger partial charge in [0, 0.05) is 25.2 Å². The van der Waals surface area contributed by atoms with Crippen LogP contribution >= 0.6 is 0 Å². The molecule has 0 aliphatic heterocycles. The summed E-state index contributed by atoms with van der Waals surface area (Å²) in [5, 5.41) is 0. The Labute approximate surface area is 113 Å². The van der Waals surface area contributed by atoms with Crippen molar-refractivity contribution >= 4 is 0 Å². The van der Waals surface area contributed by atoms with Gasteiger partial charge < -0.3 is 5.73 Å². The van der Waals surface area contributed by atoms with Crippen LogP contribution in [0.4, 0.5) is 0 Å². The van der Waals surface area contributed by atoms with Crippen molar-refractivity contribution in [2.75, 3.05) is 13.1 Å². The van der Waals surface area contributed by atoms with E-state index in [1.165, 1.54) is 58.0 Å². The number of nitrogens with two attached hydrogens (primary N) is 1. The molecule has 0 amide bonds. The molecule has 0 saturated heterocycles. The minimum Gasteiger partial charge on any atom is -0.327 e. The standard InChI is InChI=1S/C16H32N2/c1-13(2)11-18(14-7-4-5-8-14)12-16(3)10-6-9-15(16)17/h13-15H,4-12,17H2,1-3H3. The molecule has 2 saturated carbocycles. The third kappa shape index (κ3) is 3.27. The zero-order valence-corrected chi connectivity index (χ0v) is 12.6. The molecule has 2 fully saturated rings. The molecule has 2 aliphatic carbocycles. The van der Waals surface area contributed by atoms with Gasteiger partial charge in [0.25, 0.3) is 0 Å². The molecule has 2 atom stereocenters. The minimum atomic E-state index is 0.372. The Morgan fingerprint density at radius 3 is 2.33 bits per heavy atom. The smallest absolute Gasteiger partial charge is 0.0105 e. The van der Waals surface area contributed by atoms with E-state index in [9.17, 15) is 0 Å². The van der Waals surface area contributed by atoms with Crippen molar-refractivity contribution < 1.29 is 0 Å². The summed E-state index contributed by atoms with van der Waals surface area (Å²) < 4.78 is 0. The van der Waals surface area contributed by atoms with Crippen LogP contribution in [-0.4, -0.2) is 30.1 Å². The molecule has 2 N–H and O–H groups in total. The lowest BCUT2D eigenvalue weighted by atomic mass is 9.84. The Hall–Kier alpha value is -0.0800. The molecule has 0 heterocycles. The third-order valence-electron chi connectivity index (χ3n) is 5.16. The van der Waals surface area contributed by atoms with Crippen LogP contribution in [0.5, 0.6) is 0 Å². The summed E-state index contributed by atoms with van der Waals surface area (Å²) in [7, 11) is 0. The van der Waals surface area contributed by atoms with Crippen LogP contribution in [0.3, 0.4) is 0 Å². The molecule has 18 heavy (non-hydrogen) atoms. The molecule has 0 bridgehead atoms. The van der Waals surface area contributed by atoms with Gasteiger partial charge >= 0.3 is 0 Å². The molecule has 2 aliphatic rings. The van der Waals surface area contributed by atoms with Gasteiger partial charge in [-0.1, -0.05) is 40.0 Å². The SMILES string of the molecule is CC(C)CN(CC1(C)CCCC1N)C1CCCC1. The van der Waals surface area contributed by atoms with Gasteiger partial charge in [0.1, 0.15) is 0 Å². The predicted octanol–water partition coefficient (Wildman–Crippen LogP) is 3.40. The zero-order valence-electron chi connectivity index (χ0n) is 12.6. The van der Waals surface area contributed by atoms with Gasteiger partial charge in [-0.05, 0) is 37.0 Å². The quantitative estimate of drug-likeness (QED) is 0.812. The first kappa shape index (κ1) is 14.3. The number of hydrogen-bond acceptors (Lipinski definition) is 2. The van der Waals surface area contributed by atoms with E-state index in [1.54, 1.807) is 0 Å². The minimum absolute atomic E-state index is 0.372. The molecule has 2 unspecified atom stereocenters. The zero-order chi connectivity index (χ0) is 13.2. The second-order valence-corrected chi connectivity index (χ2v) is 7.41. The molecular weight excluding hydrogens is 220 g/mol. The first-order valence-corrected chi connectivity index (χ1v) is 8.01. The first-order chi connectivity index (χ1) is 8.51. The van der Waals surface area contributed by atoms with E-state index >= 15 is 0 Å². The number of hydrogen-bond donors (Lipinski definition) is 1. The summed E-state index contributed by atoms with van der Waals surface area (Å²) in [5.41, 5.74) is 6.74. The van der Waals surface area contributed by atoms with Crippen molar-refractivity contribution in [3.05, 3.63) is 0 Å². The van der Waals surface area contributed by atoms with E-state index in [0.717, 1.165) is 12.0 Å². The molecule has 106 valence electrons. The second-order valence-electron chi connectivity index (χ2n) is 7.41. The maximum atomic E-state index is 6.36. The van der Waals surface area contributed by atoms with E-state index < -0.39 is 0 Å². The van der Waals surface area contributed by atoms with Crippen molar-refractivity contribution in [3.8, 4) is 0 Å². The summed E-state index contributed by atoms with van der Waals surface area (Å²) in [4.78, 5) is 2.78. The highest BCUT2D eigenvalue weighted by Gasteiger charge is 2.39. The van der Waals surface area contributed by atoms with Crippen molar-refractivity contribution in [1.82, 2.24) is 4.90 Å². The highest BCUT2D eigenvalue weighted by molar-refractivity contribution is 4.95. The lowest BCUT2D eigenvalue weighted by molar-refractivity contribution is 0.100. The van der Waals surface area contributed by atoms with Crippen molar-refractivity contribution in [2.24, 2.45) is 17.1 Å². The van der Waals surface area contributed by atoms with Gasteiger partial charge in [-0.25, -0.2) is 0 Å². The average molecular weight is 252 g/mol. The van der Waals surface area contributed by atoms with Crippen LogP contribution in [0, 0.1) is 11.3 Å². The van der Waals surface area contributed by atoms with Gasteiger partial charge in [0.15, 0.2) is 0 Å².